The molecule has 0 radical (unpaired) electrons. The van der Waals surface area contributed by atoms with Gasteiger partial charge in [0.05, 0.1) is 36.0 Å². The Bertz CT molecular complexity index is 1810. The normalized spacial score (nSPS) is 17.8. The number of alkyl carbamates (subject to hydrolysis) is 1. The van der Waals surface area contributed by atoms with Crippen LogP contribution >= 0.6 is 35.1 Å². The molecule has 6 amide bonds. The minimum atomic E-state index is -1.26. The zero-order chi connectivity index (χ0) is 44.0. The van der Waals surface area contributed by atoms with Crippen molar-refractivity contribution in [1.29, 1.82) is 0 Å². The van der Waals surface area contributed by atoms with E-state index in [2.05, 4.69) is 21.3 Å². The molecule has 0 bridgehead atoms. The second-order valence-corrected chi connectivity index (χ2v) is 19.1. The van der Waals surface area contributed by atoms with Gasteiger partial charge in [0, 0.05) is 32.1 Å². The third-order valence-corrected chi connectivity index (χ3v) is 13.4. The first-order chi connectivity index (χ1) is 28.5. The molecular formula is C42H57ClN6O9S2. The predicted molar refractivity (Wildman–Crippen MR) is 232 cm³/mol. The highest BCUT2D eigenvalue weighted by Gasteiger charge is 2.52. The number of halogens is 1. The van der Waals surface area contributed by atoms with Gasteiger partial charge in [-0.1, -0.05) is 81.3 Å². The molecule has 5 atom stereocenters. The van der Waals surface area contributed by atoms with E-state index in [1.54, 1.807) is 106 Å². The van der Waals surface area contributed by atoms with Gasteiger partial charge in [-0.15, -0.1) is 23.5 Å². The number of ketones is 1. The van der Waals surface area contributed by atoms with Crippen molar-refractivity contribution in [3.63, 3.8) is 0 Å². The maximum absolute atomic E-state index is 14.7. The van der Waals surface area contributed by atoms with E-state index < -0.39 is 76.4 Å². The van der Waals surface area contributed by atoms with Crippen molar-refractivity contribution in [2.24, 2.45) is 5.92 Å². The number of rotatable bonds is 19. The van der Waals surface area contributed by atoms with Gasteiger partial charge < -0.3 is 40.5 Å². The Morgan fingerprint density at radius 1 is 0.933 bits per heavy atom. The molecule has 0 saturated carbocycles. The smallest absolute Gasteiger partial charge is 0.407 e. The minimum absolute atomic E-state index is 0.0408. The zero-order valence-electron chi connectivity index (χ0n) is 35.0. The first kappa shape index (κ1) is 48.3. The average molecular weight is 890 g/mol. The third kappa shape index (κ3) is 13.9. The van der Waals surface area contributed by atoms with E-state index in [4.69, 9.17) is 21.1 Å². The van der Waals surface area contributed by atoms with Crippen LogP contribution in [0.15, 0.2) is 54.6 Å². The topological polar surface area (TPSA) is 193 Å². The molecular weight excluding hydrogens is 832 g/mol. The van der Waals surface area contributed by atoms with E-state index in [0.717, 1.165) is 23.5 Å². The summed E-state index contributed by atoms with van der Waals surface area (Å²) in [5, 5.41) is 10.9. The van der Waals surface area contributed by atoms with Crippen LogP contribution in [0.3, 0.4) is 0 Å². The molecule has 4 rings (SSSR count). The van der Waals surface area contributed by atoms with Crippen LogP contribution in [0.4, 0.5) is 4.79 Å². The minimum Gasteiger partial charge on any atom is -0.449 e. The van der Waals surface area contributed by atoms with Crippen molar-refractivity contribution in [1.82, 2.24) is 31.1 Å². The van der Waals surface area contributed by atoms with Gasteiger partial charge in [0.25, 0.3) is 5.91 Å². The molecule has 0 aromatic heterocycles. The number of Topliss-reactive ketones (excluding diaryl/α,β-unsaturated/α-hetero) is 1. The average Bonchev–Trinajstić information content (AvgIpc) is 3.60. The first-order valence-corrected chi connectivity index (χ1v) is 22.4. The maximum Gasteiger partial charge on any atom is 0.407 e. The highest BCUT2D eigenvalue weighted by Crippen LogP contribution is 2.50. The zero-order valence-corrected chi connectivity index (χ0v) is 37.4. The van der Waals surface area contributed by atoms with E-state index >= 15 is 0 Å². The van der Waals surface area contributed by atoms with Gasteiger partial charge in [0.2, 0.25) is 29.4 Å². The second kappa shape index (κ2) is 23.0. The number of likely N-dealkylation sites (N-methyl/N-ethyl adjacent to an activating group) is 1. The molecule has 2 aromatic rings. The number of ether oxygens (including phenoxy) is 2. The lowest BCUT2D eigenvalue weighted by molar-refractivity contribution is -0.144. The Kier molecular flexibility index (Phi) is 18.6. The first-order valence-electron chi connectivity index (χ1n) is 20.1. The molecule has 328 valence electrons. The van der Waals surface area contributed by atoms with Gasteiger partial charge in [0.15, 0.2) is 0 Å². The molecule has 60 heavy (non-hydrogen) atoms. The van der Waals surface area contributed by atoms with Crippen LogP contribution in [-0.4, -0.2) is 125 Å². The molecule has 2 aromatic carbocycles. The van der Waals surface area contributed by atoms with Crippen LogP contribution in [-0.2, 0) is 44.8 Å². The van der Waals surface area contributed by atoms with Gasteiger partial charge in [-0.3, -0.25) is 28.8 Å². The van der Waals surface area contributed by atoms with Crippen LogP contribution in [0.1, 0.15) is 70.5 Å². The number of thioether (sulfide) groups is 2. The van der Waals surface area contributed by atoms with Crippen molar-refractivity contribution in [2.75, 3.05) is 45.3 Å². The van der Waals surface area contributed by atoms with Crippen molar-refractivity contribution < 1.29 is 43.0 Å². The summed E-state index contributed by atoms with van der Waals surface area (Å²) in [6, 6.07) is 11.0. The van der Waals surface area contributed by atoms with Crippen LogP contribution in [0.5, 0.6) is 0 Å². The van der Waals surface area contributed by atoms with Gasteiger partial charge in [-0.05, 0) is 60.4 Å². The number of carbonyl (C=O) groups is 7. The summed E-state index contributed by atoms with van der Waals surface area (Å²) in [6.07, 6.45) is 0.0696. The number of likely N-dealkylation sites (tertiary alicyclic amines) is 1. The summed E-state index contributed by atoms with van der Waals surface area (Å²) in [7, 11) is 3.11. The van der Waals surface area contributed by atoms with Gasteiger partial charge in [0.1, 0.15) is 18.1 Å². The van der Waals surface area contributed by atoms with Gasteiger partial charge in [-0.25, -0.2) is 4.79 Å². The van der Waals surface area contributed by atoms with Crippen molar-refractivity contribution in [3.8, 4) is 0 Å². The monoisotopic (exact) mass is 888 g/mol. The molecule has 15 nitrogen and oxygen atoms in total. The highest BCUT2D eigenvalue weighted by molar-refractivity contribution is 8.18. The lowest BCUT2D eigenvalue weighted by Gasteiger charge is -2.33. The fourth-order valence-corrected chi connectivity index (χ4v) is 10.1. The number of nitrogens with zero attached hydrogens (tertiary/aromatic N) is 2. The number of amides is 6. The van der Waals surface area contributed by atoms with Gasteiger partial charge >= 0.3 is 6.09 Å². The van der Waals surface area contributed by atoms with E-state index in [0.29, 0.717) is 17.0 Å². The summed E-state index contributed by atoms with van der Waals surface area (Å²) in [5.74, 6) is -2.65. The molecule has 0 aliphatic carbocycles. The van der Waals surface area contributed by atoms with E-state index in [-0.39, 0.29) is 44.4 Å². The quantitative estimate of drug-likeness (QED) is 0.149. The van der Waals surface area contributed by atoms with Crippen molar-refractivity contribution in [2.45, 2.75) is 94.3 Å². The summed E-state index contributed by atoms with van der Waals surface area (Å²) in [6.45, 7) is 7.02. The fourth-order valence-electron chi connectivity index (χ4n) is 6.64. The van der Waals surface area contributed by atoms with Crippen LogP contribution in [0.2, 0.25) is 5.02 Å². The molecule has 4 N–H and O–H groups in total. The second-order valence-electron chi connectivity index (χ2n) is 15.4. The highest BCUT2D eigenvalue weighted by atomic mass is 35.5. The molecule has 1 spiro atoms. The molecule has 2 fully saturated rings. The van der Waals surface area contributed by atoms with Crippen molar-refractivity contribution >= 4 is 76.5 Å². The standard InChI is InChI=1S/C42H57ClN6O9S2/c1-7-12-31(36(51)38(53)44-22-33(50)46-35(39(54)48(5)6)29-13-9-8-10-14-29)45-37(52)32-21-42(59-19-11-20-60-42)25-49(32)40(55)34(47-41(56)58-23-26(2)3)27(4)57-24-28-15-17-30(43)18-16-28/h8-10,13-18,26-27,31-32,34-35H,7,11-12,19-25H2,1-6H3,(H,44,53)(H,45,52)(H,46,50)(H,47,56). The lowest BCUT2D eigenvalue weighted by Crippen LogP contribution is -2.59. The lowest BCUT2D eigenvalue weighted by atomic mass is 10.0. The number of hydrogen-bond acceptors (Lipinski definition) is 11. The number of nitrogens with one attached hydrogen (secondary N) is 4. The van der Waals surface area contributed by atoms with Crippen LogP contribution in [0, 0.1) is 5.92 Å². The van der Waals surface area contributed by atoms with Crippen molar-refractivity contribution in [3.05, 3.63) is 70.7 Å². The number of benzene rings is 2. The Morgan fingerprint density at radius 2 is 1.60 bits per heavy atom. The largest absolute Gasteiger partial charge is 0.449 e. The molecule has 2 aliphatic rings. The summed E-state index contributed by atoms with van der Waals surface area (Å²) in [4.78, 5) is 97.5. The van der Waals surface area contributed by atoms with E-state index in [9.17, 15) is 33.6 Å². The molecule has 18 heteroatoms. The summed E-state index contributed by atoms with van der Waals surface area (Å²) < 4.78 is 11.0. The van der Waals surface area contributed by atoms with Crippen LogP contribution < -0.4 is 21.3 Å². The molecule has 2 heterocycles. The van der Waals surface area contributed by atoms with Crippen LogP contribution in [0.25, 0.3) is 0 Å². The summed E-state index contributed by atoms with van der Waals surface area (Å²) >= 11 is 9.39. The molecule has 5 unspecified atom stereocenters. The number of hydrogen-bond donors (Lipinski definition) is 4. The predicted octanol–water partition coefficient (Wildman–Crippen LogP) is 4.08. The fraction of sp³-hybridized carbons (Fsp3) is 0.548. The SMILES string of the molecule is CCCC(NC(=O)C1CC2(CN1C(=O)C(NC(=O)OCC(C)C)C(C)OCc1ccc(Cl)cc1)SCCCS2)C(=O)C(=O)NCC(=O)NC(C(=O)N(C)C)c1ccccc1. The Morgan fingerprint density at radius 3 is 2.22 bits per heavy atom. The summed E-state index contributed by atoms with van der Waals surface area (Å²) in [5.41, 5.74) is 1.33. The Hall–Kier alpha value is -4.32. The Labute approximate surface area is 365 Å². The van der Waals surface area contributed by atoms with E-state index in [1.165, 1.54) is 9.80 Å². The van der Waals surface area contributed by atoms with Gasteiger partial charge in [-0.2, -0.15) is 0 Å². The molecule has 2 saturated heterocycles. The third-order valence-electron chi connectivity index (χ3n) is 9.85. The molecule has 2 aliphatic heterocycles. The van der Waals surface area contributed by atoms with E-state index in [1.807, 2.05) is 13.8 Å². The maximum atomic E-state index is 14.7. The number of carbonyl (C=O) groups excluding carboxylic acids is 7. The Balaban J connectivity index is 1.50.